The van der Waals surface area contributed by atoms with E-state index in [9.17, 15) is 9.59 Å². The molecule has 0 bridgehead atoms. The van der Waals surface area contributed by atoms with E-state index >= 15 is 0 Å². The van der Waals surface area contributed by atoms with Crippen molar-refractivity contribution < 1.29 is 14.7 Å². The smallest absolute Gasteiger partial charge is 0.358 e. The third-order valence-electron chi connectivity index (χ3n) is 4.96. The first-order valence-electron chi connectivity index (χ1n) is 8.43. The number of aromatic carboxylic acids is 1. The van der Waals surface area contributed by atoms with Crippen LogP contribution in [0.5, 0.6) is 0 Å². The fourth-order valence-electron chi connectivity index (χ4n) is 3.58. The molecule has 2 aliphatic rings. The summed E-state index contributed by atoms with van der Waals surface area (Å²) < 4.78 is 1.61. The molecule has 2 aliphatic heterocycles. The molecule has 0 unspecified atom stereocenters. The first-order chi connectivity index (χ1) is 12.1. The highest BCUT2D eigenvalue weighted by Crippen LogP contribution is 2.30. The molecule has 2 amide bonds. The third kappa shape index (κ3) is 2.84. The number of hydrogen-bond acceptors (Lipinski definition) is 4. The van der Waals surface area contributed by atoms with Crippen LogP contribution in [-0.4, -0.2) is 56.6 Å². The number of benzene rings is 1. The van der Waals surface area contributed by atoms with Crippen molar-refractivity contribution in [2.75, 3.05) is 24.5 Å². The van der Waals surface area contributed by atoms with Gasteiger partial charge in [0.05, 0.1) is 12.2 Å². The molecule has 0 saturated carbocycles. The summed E-state index contributed by atoms with van der Waals surface area (Å²) in [6.07, 6.45) is 3.84. The molecule has 0 spiro atoms. The highest BCUT2D eigenvalue weighted by molar-refractivity contribution is 5.94. The molecule has 0 radical (unpaired) electrons. The maximum absolute atomic E-state index is 12.8. The van der Waals surface area contributed by atoms with Gasteiger partial charge in [-0.3, -0.25) is 4.90 Å². The molecular formula is C17H19N5O3. The number of hydrogen-bond donors (Lipinski definition) is 1. The first kappa shape index (κ1) is 15.6. The Kier molecular flexibility index (Phi) is 3.87. The number of nitrogens with zero attached hydrogens (tertiary/aromatic N) is 5. The van der Waals surface area contributed by atoms with Gasteiger partial charge in [-0.1, -0.05) is 23.4 Å². The first-order valence-corrected chi connectivity index (χ1v) is 8.43. The van der Waals surface area contributed by atoms with E-state index in [0.717, 1.165) is 31.5 Å². The number of carbonyl (C=O) groups excluding carboxylic acids is 1. The number of urea groups is 1. The molecule has 1 fully saturated rings. The highest BCUT2D eigenvalue weighted by atomic mass is 16.4. The van der Waals surface area contributed by atoms with Crippen LogP contribution in [0.4, 0.5) is 10.5 Å². The van der Waals surface area contributed by atoms with Crippen molar-refractivity contribution in [1.82, 2.24) is 19.9 Å². The largest absolute Gasteiger partial charge is 0.476 e. The highest BCUT2D eigenvalue weighted by Gasteiger charge is 2.31. The molecular weight excluding hydrogens is 322 g/mol. The fourth-order valence-corrected chi connectivity index (χ4v) is 3.58. The van der Waals surface area contributed by atoms with Crippen molar-refractivity contribution >= 4 is 17.7 Å². The monoisotopic (exact) mass is 341 g/mol. The van der Waals surface area contributed by atoms with E-state index in [4.69, 9.17) is 5.11 Å². The van der Waals surface area contributed by atoms with Crippen LogP contribution in [0.25, 0.3) is 0 Å². The number of para-hydroxylation sites is 1. The summed E-state index contributed by atoms with van der Waals surface area (Å²) in [5, 5.41) is 16.5. The predicted molar refractivity (Wildman–Crippen MR) is 89.7 cm³/mol. The van der Waals surface area contributed by atoms with Crippen LogP contribution in [0.1, 0.15) is 34.9 Å². The van der Waals surface area contributed by atoms with Crippen molar-refractivity contribution in [2.45, 2.75) is 25.3 Å². The molecule has 2 aromatic rings. The molecule has 25 heavy (non-hydrogen) atoms. The molecule has 130 valence electrons. The predicted octanol–water partition coefficient (Wildman–Crippen LogP) is 1.80. The van der Waals surface area contributed by atoms with Gasteiger partial charge in [0.2, 0.25) is 0 Å². The Morgan fingerprint density at radius 3 is 2.60 bits per heavy atom. The minimum atomic E-state index is -1.08. The second-order valence-electron chi connectivity index (χ2n) is 6.42. The summed E-state index contributed by atoms with van der Waals surface area (Å²) in [5.74, 6) is -1.08. The van der Waals surface area contributed by atoms with Crippen LogP contribution in [0.15, 0.2) is 30.5 Å². The average Bonchev–Trinajstić information content (AvgIpc) is 3.29. The second-order valence-corrected chi connectivity index (χ2v) is 6.42. The Balaban J connectivity index is 1.40. The molecule has 1 aromatic carbocycles. The van der Waals surface area contributed by atoms with Gasteiger partial charge in [0, 0.05) is 25.3 Å². The number of amides is 2. The van der Waals surface area contributed by atoms with Gasteiger partial charge >= 0.3 is 12.0 Å². The van der Waals surface area contributed by atoms with Crippen molar-refractivity contribution in [3.63, 3.8) is 0 Å². The SMILES string of the molecule is O=C(O)c1cn(C2CCN(C(=O)N3CCc4ccccc43)CC2)nn1. The van der Waals surface area contributed by atoms with Gasteiger partial charge < -0.3 is 10.0 Å². The van der Waals surface area contributed by atoms with Crippen LogP contribution < -0.4 is 4.90 Å². The minimum Gasteiger partial charge on any atom is -0.476 e. The van der Waals surface area contributed by atoms with E-state index in [1.54, 1.807) is 4.68 Å². The lowest BCUT2D eigenvalue weighted by atomic mass is 10.1. The van der Waals surface area contributed by atoms with Gasteiger partial charge in [-0.25, -0.2) is 14.3 Å². The molecule has 1 N–H and O–H groups in total. The van der Waals surface area contributed by atoms with E-state index in [-0.39, 0.29) is 17.8 Å². The fraction of sp³-hybridized carbons (Fsp3) is 0.412. The summed E-state index contributed by atoms with van der Waals surface area (Å²) in [6, 6.07) is 8.15. The van der Waals surface area contributed by atoms with Crippen molar-refractivity contribution in [3.05, 3.63) is 41.7 Å². The number of likely N-dealkylation sites (tertiary alicyclic amines) is 1. The number of fused-ring (bicyclic) bond motifs is 1. The zero-order chi connectivity index (χ0) is 17.4. The molecule has 1 saturated heterocycles. The van der Waals surface area contributed by atoms with Gasteiger partial charge in [-0.05, 0) is 30.9 Å². The Morgan fingerprint density at radius 2 is 1.88 bits per heavy atom. The maximum Gasteiger partial charge on any atom is 0.358 e. The van der Waals surface area contributed by atoms with Crippen molar-refractivity contribution in [3.8, 4) is 0 Å². The quantitative estimate of drug-likeness (QED) is 0.899. The Hall–Kier alpha value is -2.90. The number of anilines is 1. The summed E-state index contributed by atoms with van der Waals surface area (Å²) in [4.78, 5) is 27.5. The van der Waals surface area contributed by atoms with Crippen molar-refractivity contribution in [2.24, 2.45) is 0 Å². The van der Waals surface area contributed by atoms with E-state index in [2.05, 4.69) is 16.4 Å². The molecule has 0 aliphatic carbocycles. The standard InChI is InChI=1S/C17H19N5O3/c23-16(24)14-11-22(19-18-14)13-6-8-20(9-7-13)17(25)21-10-5-12-3-1-2-4-15(12)21/h1-4,11,13H,5-10H2,(H,23,24). The second kappa shape index (κ2) is 6.19. The summed E-state index contributed by atoms with van der Waals surface area (Å²) in [5.41, 5.74) is 2.18. The lowest BCUT2D eigenvalue weighted by Gasteiger charge is -2.34. The Bertz CT molecular complexity index is 810. The van der Waals surface area contributed by atoms with Crippen LogP contribution in [0.3, 0.4) is 0 Å². The number of piperidine rings is 1. The van der Waals surface area contributed by atoms with Gasteiger partial charge in [-0.2, -0.15) is 0 Å². The normalized spacial score (nSPS) is 17.6. The Labute approximate surface area is 144 Å². The average molecular weight is 341 g/mol. The summed E-state index contributed by atoms with van der Waals surface area (Å²) in [6.45, 7) is 1.98. The topological polar surface area (TPSA) is 91.6 Å². The number of aromatic nitrogens is 3. The number of carboxylic acid groups (broad SMARTS) is 1. The van der Waals surface area contributed by atoms with Gasteiger partial charge in [-0.15, -0.1) is 5.10 Å². The lowest BCUT2D eigenvalue weighted by Crippen LogP contribution is -2.46. The van der Waals surface area contributed by atoms with Gasteiger partial charge in [0.25, 0.3) is 0 Å². The van der Waals surface area contributed by atoms with Crippen LogP contribution in [0, 0.1) is 0 Å². The molecule has 4 rings (SSSR count). The number of carboxylic acids is 1. The van der Waals surface area contributed by atoms with Gasteiger partial charge in [0.15, 0.2) is 5.69 Å². The zero-order valence-corrected chi connectivity index (χ0v) is 13.7. The van der Waals surface area contributed by atoms with Crippen LogP contribution in [-0.2, 0) is 6.42 Å². The van der Waals surface area contributed by atoms with E-state index in [1.807, 2.05) is 28.0 Å². The lowest BCUT2D eigenvalue weighted by molar-refractivity contribution is 0.0690. The third-order valence-corrected chi connectivity index (χ3v) is 4.96. The van der Waals surface area contributed by atoms with Crippen molar-refractivity contribution in [1.29, 1.82) is 0 Å². The minimum absolute atomic E-state index is 0.0489. The summed E-state index contributed by atoms with van der Waals surface area (Å²) >= 11 is 0. The van der Waals surface area contributed by atoms with E-state index in [0.29, 0.717) is 13.1 Å². The van der Waals surface area contributed by atoms with Crippen LogP contribution in [0.2, 0.25) is 0 Å². The number of carbonyl (C=O) groups is 2. The molecule has 8 nitrogen and oxygen atoms in total. The maximum atomic E-state index is 12.8. The van der Waals surface area contributed by atoms with E-state index < -0.39 is 5.97 Å². The molecule has 1 aromatic heterocycles. The van der Waals surface area contributed by atoms with Gasteiger partial charge in [0.1, 0.15) is 0 Å². The Morgan fingerprint density at radius 1 is 1.12 bits per heavy atom. The summed E-state index contributed by atoms with van der Waals surface area (Å²) in [7, 11) is 0. The van der Waals surface area contributed by atoms with Crippen LogP contribution >= 0.6 is 0 Å². The molecule has 0 atom stereocenters. The molecule has 3 heterocycles. The number of rotatable bonds is 2. The zero-order valence-electron chi connectivity index (χ0n) is 13.7. The van der Waals surface area contributed by atoms with E-state index in [1.165, 1.54) is 11.8 Å². The molecule has 8 heteroatoms.